The molecule has 7 heteroatoms. The molecule has 2 N–H and O–H groups in total. The van der Waals surface area contributed by atoms with Crippen LogP contribution in [0.25, 0.3) is 0 Å². The third kappa shape index (κ3) is 4.29. The molecule has 0 fully saturated rings. The summed E-state index contributed by atoms with van der Waals surface area (Å²) in [6, 6.07) is 2.77. The van der Waals surface area contributed by atoms with Gasteiger partial charge in [0.25, 0.3) is 11.6 Å². The van der Waals surface area contributed by atoms with Crippen molar-refractivity contribution in [3.8, 4) is 0 Å². The van der Waals surface area contributed by atoms with Crippen LogP contribution in [0, 0.1) is 15.9 Å². The number of nitrogens with zero attached hydrogens (tertiary/aromatic N) is 1. The molecule has 1 aromatic carbocycles. The van der Waals surface area contributed by atoms with E-state index < -0.39 is 22.8 Å². The van der Waals surface area contributed by atoms with Crippen LogP contribution >= 0.6 is 0 Å². The van der Waals surface area contributed by atoms with Gasteiger partial charge in [-0.05, 0) is 18.9 Å². The van der Waals surface area contributed by atoms with Gasteiger partial charge in [-0.1, -0.05) is 6.92 Å². The minimum Gasteiger partial charge on any atom is -0.393 e. The van der Waals surface area contributed by atoms with E-state index in [0.717, 1.165) is 18.2 Å². The molecular formula is C12H15FN2O4. The van der Waals surface area contributed by atoms with Crippen LogP contribution in [-0.2, 0) is 0 Å². The predicted molar refractivity (Wildman–Crippen MR) is 66.3 cm³/mol. The fraction of sp³-hybridized carbons (Fsp3) is 0.417. The zero-order valence-corrected chi connectivity index (χ0v) is 10.4. The van der Waals surface area contributed by atoms with Crippen LogP contribution in [0.2, 0.25) is 0 Å². The number of benzene rings is 1. The molecule has 6 nitrogen and oxygen atoms in total. The Kier molecular flexibility index (Phi) is 5.37. The minimum atomic E-state index is -0.820. The molecule has 0 saturated heterocycles. The summed E-state index contributed by atoms with van der Waals surface area (Å²) in [6.07, 6.45) is 0.370. The van der Waals surface area contributed by atoms with E-state index in [4.69, 9.17) is 0 Å². The number of nitrogens with one attached hydrogen (secondary N) is 1. The maximum Gasteiger partial charge on any atom is 0.270 e. The summed E-state index contributed by atoms with van der Waals surface area (Å²) in [5.74, 6) is -1.55. The van der Waals surface area contributed by atoms with Crippen molar-refractivity contribution in [3.63, 3.8) is 0 Å². The second-order valence-electron chi connectivity index (χ2n) is 4.03. The van der Waals surface area contributed by atoms with Gasteiger partial charge in [0.05, 0.1) is 16.6 Å². The van der Waals surface area contributed by atoms with E-state index in [-0.39, 0.29) is 17.8 Å². The number of non-ortho nitro benzene ring substituents is 1. The van der Waals surface area contributed by atoms with Crippen LogP contribution in [0.3, 0.4) is 0 Å². The number of rotatable bonds is 6. The van der Waals surface area contributed by atoms with E-state index in [9.17, 15) is 24.4 Å². The molecular weight excluding hydrogens is 255 g/mol. The Hall–Kier alpha value is -2.02. The van der Waals surface area contributed by atoms with Gasteiger partial charge in [0, 0.05) is 18.7 Å². The van der Waals surface area contributed by atoms with Gasteiger partial charge < -0.3 is 10.4 Å². The Morgan fingerprint density at radius 3 is 2.84 bits per heavy atom. The molecule has 0 saturated carbocycles. The topological polar surface area (TPSA) is 92.5 Å². The summed E-state index contributed by atoms with van der Waals surface area (Å²) >= 11 is 0. The van der Waals surface area contributed by atoms with Crippen molar-refractivity contribution in [2.45, 2.75) is 25.9 Å². The van der Waals surface area contributed by atoms with Gasteiger partial charge in [-0.2, -0.15) is 0 Å². The third-order valence-electron chi connectivity index (χ3n) is 2.64. The van der Waals surface area contributed by atoms with E-state index in [1.807, 2.05) is 0 Å². The zero-order chi connectivity index (χ0) is 14.4. The lowest BCUT2D eigenvalue weighted by atomic mass is 10.1. The van der Waals surface area contributed by atoms with Gasteiger partial charge in [0.2, 0.25) is 0 Å². The largest absolute Gasteiger partial charge is 0.393 e. The molecule has 0 aromatic heterocycles. The lowest BCUT2D eigenvalue weighted by Crippen LogP contribution is -2.27. The SMILES string of the molecule is CCC(O)CCNC(=O)c1cc([N+](=O)[O-])ccc1F. The molecule has 0 aliphatic rings. The Morgan fingerprint density at radius 1 is 1.58 bits per heavy atom. The van der Waals surface area contributed by atoms with Crippen LogP contribution in [0.4, 0.5) is 10.1 Å². The summed E-state index contributed by atoms with van der Waals surface area (Å²) in [5, 5.41) is 22.3. The number of carbonyl (C=O) groups is 1. The molecule has 1 unspecified atom stereocenters. The number of carbonyl (C=O) groups excluding carboxylic acids is 1. The Morgan fingerprint density at radius 2 is 2.26 bits per heavy atom. The van der Waals surface area contributed by atoms with Crippen molar-refractivity contribution in [3.05, 3.63) is 39.7 Å². The fourth-order valence-electron chi connectivity index (χ4n) is 1.45. The first-order chi connectivity index (χ1) is 8.95. The summed E-state index contributed by atoms with van der Waals surface area (Å²) in [6.45, 7) is 1.97. The number of amides is 1. The van der Waals surface area contributed by atoms with Crippen molar-refractivity contribution >= 4 is 11.6 Å². The first-order valence-electron chi connectivity index (χ1n) is 5.86. The fourth-order valence-corrected chi connectivity index (χ4v) is 1.45. The molecule has 0 heterocycles. The highest BCUT2D eigenvalue weighted by Gasteiger charge is 2.16. The molecule has 0 aliphatic carbocycles. The van der Waals surface area contributed by atoms with E-state index in [1.165, 1.54) is 0 Å². The Labute approximate surface area is 109 Å². The lowest BCUT2D eigenvalue weighted by molar-refractivity contribution is -0.384. The monoisotopic (exact) mass is 270 g/mol. The number of nitro benzene ring substituents is 1. The molecule has 0 bridgehead atoms. The van der Waals surface area contributed by atoms with Crippen LogP contribution in [-0.4, -0.2) is 28.6 Å². The second-order valence-corrected chi connectivity index (χ2v) is 4.03. The molecule has 1 aromatic rings. The van der Waals surface area contributed by atoms with Crippen LogP contribution in [0.1, 0.15) is 30.1 Å². The van der Waals surface area contributed by atoms with E-state index in [2.05, 4.69) is 5.32 Å². The minimum absolute atomic E-state index is 0.177. The number of hydrogen-bond acceptors (Lipinski definition) is 4. The number of aliphatic hydroxyl groups excluding tert-OH is 1. The first-order valence-corrected chi connectivity index (χ1v) is 5.86. The highest BCUT2D eigenvalue weighted by atomic mass is 19.1. The molecule has 1 atom stereocenters. The van der Waals surface area contributed by atoms with Crippen molar-refractivity contribution < 1.29 is 19.2 Å². The molecule has 1 amide bonds. The van der Waals surface area contributed by atoms with Gasteiger partial charge in [0.15, 0.2) is 0 Å². The van der Waals surface area contributed by atoms with Crippen molar-refractivity contribution in [1.82, 2.24) is 5.32 Å². The van der Waals surface area contributed by atoms with Crippen molar-refractivity contribution in [1.29, 1.82) is 0 Å². The summed E-state index contributed by atoms with van der Waals surface area (Å²) in [5.41, 5.74) is -0.722. The van der Waals surface area contributed by atoms with Gasteiger partial charge in [-0.15, -0.1) is 0 Å². The highest BCUT2D eigenvalue weighted by Crippen LogP contribution is 2.16. The van der Waals surface area contributed by atoms with Crippen molar-refractivity contribution in [2.75, 3.05) is 6.54 Å². The van der Waals surface area contributed by atoms with Crippen LogP contribution in [0.15, 0.2) is 18.2 Å². The molecule has 104 valence electrons. The third-order valence-corrected chi connectivity index (χ3v) is 2.64. The maximum absolute atomic E-state index is 13.4. The Bertz CT molecular complexity index is 479. The van der Waals surface area contributed by atoms with Gasteiger partial charge in [0.1, 0.15) is 5.82 Å². The number of nitro groups is 1. The lowest BCUT2D eigenvalue weighted by Gasteiger charge is -2.09. The standard InChI is InChI=1S/C12H15FN2O4/c1-2-9(16)5-6-14-12(17)10-7-8(15(18)19)3-4-11(10)13/h3-4,7,9,16H,2,5-6H2,1H3,(H,14,17). The van der Waals surface area contributed by atoms with Gasteiger partial charge in [-0.3, -0.25) is 14.9 Å². The summed E-state index contributed by atoms with van der Waals surface area (Å²) in [7, 11) is 0. The molecule has 0 radical (unpaired) electrons. The predicted octanol–water partition coefficient (Wildman–Crippen LogP) is 1.62. The molecule has 0 aliphatic heterocycles. The molecule has 1 rings (SSSR count). The average Bonchev–Trinajstić information content (AvgIpc) is 2.38. The van der Waals surface area contributed by atoms with Crippen molar-refractivity contribution in [2.24, 2.45) is 0 Å². The smallest absolute Gasteiger partial charge is 0.270 e. The first kappa shape index (κ1) is 15.0. The molecule has 0 spiro atoms. The van der Waals surface area contributed by atoms with Crippen LogP contribution in [0.5, 0.6) is 0 Å². The normalized spacial score (nSPS) is 11.9. The van der Waals surface area contributed by atoms with Gasteiger partial charge >= 0.3 is 0 Å². The van der Waals surface area contributed by atoms with Gasteiger partial charge in [-0.25, -0.2) is 4.39 Å². The van der Waals surface area contributed by atoms with E-state index >= 15 is 0 Å². The summed E-state index contributed by atoms with van der Waals surface area (Å²) in [4.78, 5) is 21.5. The summed E-state index contributed by atoms with van der Waals surface area (Å²) < 4.78 is 13.4. The maximum atomic E-state index is 13.4. The molecule has 19 heavy (non-hydrogen) atoms. The van der Waals surface area contributed by atoms with E-state index in [1.54, 1.807) is 6.92 Å². The zero-order valence-electron chi connectivity index (χ0n) is 10.4. The quantitative estimate of drug-likeness (QED) is 0.607. The second kappa shape index (κ2) is 6.79. The number of halogens is 1. The number of hydrogen-bond donors (Lipinski definition) is 2. The Balaban J connectivity index is 2.71. The number of aliphatic hydroxyl groups is 1. The van der Waals surface area contributed by atoms with Crippen LogP contribution < -0.4 is 5.32 Å². The highest BCUT2D eigenvalue weighted by molar-refractivity contribution is 5.95. The average molecular weight is 270 g/mol. The van der Waals surface area contributed by atoms with E-state index in [0.29, 0.717) is 12.8 Å².